The number of sulfonamides is 1. The molecule has 0 aliphatic rings. The summed E-state index contributed by atoms with van der Waals surface area (Å²) in [7, 11) is -3.58. The Hall–Kier alpha value is -1.84. The molecule has 0 spiro atoms. The molecule has 3 aromatic rings. The molecule has 0 atom stereocenters. The quantitative estimate of drug-likeness (QED) is 0.451. The van der Waals surface area contributed by atoms with E-state index < -0.39 is 10.0 Å². The Kier molecular flexibility index (Phi) is 7.52. The summed E-state index contributed by atoms with van der Waals surface area (Å²) in [4.78, 5) is 4.30. The van der Waals surface area contributed by atoms with Crippen molar-refractivity contribution in [3.8, 4) is 0 Å². The predicted octanol–water partition coefficient (Wildman–Crippen LogP) is 3.08. The third kappa shape index (κ3) is 5.83. The van der Waals surface area contributed by atoms with Crippen LogP contribution in [0.3, 0.4) is 0 Å². The first-order chi connectivity index (χ1) is 13.6. The fourth-order valence-electron chi connectivity index (χ4n) is 2.72. The smallest absolute Gasteiger partial charge is 0.241 e. The zero-order valence-electron chi connectivity index (χ0n) is 15.3. The second-order valence-electron chi connectivity index (χ2n) is 6.18. The van der Waals surface area contributed by atoms with E-state index in [9.17, 15) is 8.42 Å². The number of rotatable bonds is 10. The summed E-state index contributed by atoms with van der Waals surface area (Å²) in [6, 6.07) is 14.9. The minimum Gasteiger partial charge on any atom is -0.375 e. The lowest BCUT2D eigenvalue weighted by atomic mass is 10.2. The number of pyridine rings is 1. The van der Waals surface area contributed by atoms with Gasteiger partial charge in [-0.15, -0.1) is 0 Å². The normalized spacial score (nSPS) is 11.8. The topological polar surface area (TPSA) is 80.3 Å². The fraction of sp³-hybridized carbons (Fsp3) is 0.250. The van der Waals surface area contributed by atoms with Crippen molar-refractivity contribution in [1.29, 1.82) is 0 Å². The molecule has 0 radical (unpaired) electrons. The van der Waals surface area contributed by atoms with E-state index in [1.54, 1.807) is 30.6 Å². The van der Waals surface area contributed by atoms with Gasteiger partial charge in [0, 0.05) is 47.3 Å². The molecule has 0 saturated heterocycles. The second-order valence-corrected chi connectivity index (χ2v) is 8.83. The monoisotopic (exact) mass is 463 g/mol. The first-order valence-electron chi connectivity index (χ1n) is 8.91. The maximum absolute atomic E-state index is 12.6. The second kappa shape index (κ2) is 10.1. The maximum atomic E-state index is 12.6. The number of nitrogens with one attached hydrogen (secondary N) is 2. The molecule has 0 amide bonds. The standard InChI is InChI=1S/C20H22BrN3O3S/c21-18-6-4-16(5-7-18)15-27-13-12-22-10-11-24-28(25,26)20-3-1-2-17-14-23-9-8-19(17)20/h1-9,14,22,24H,10-13,15H2. The van der Waals surface area contributed by atoms with Gasteiger partial charge in [-0.05, 0) is 29.8 Å². The van der Waals surface area contributed by atoms with Gasteiger partial charge in [0.1, 0.15) is 0 Å². The van der Waals surface area contributed by atoms with Crippen LogP contribution in [-0.2, 0) is 21.4 Å². The van der Waals surface area contributed by atoms with Crippen LogP contribution in [0.2, 0.25) is 0 Å². The molecule has 0 fully saturated rings. The highest BCUT2D eigenvalue weighted by atomic mass is 79.9. The Morgan fingerprint density at radius 3 is 2.64 bits per heavy atom. The highest BCUT2D eigenvalue weighted by Gasteiger charge is 2.16. The molecule has 3 rings (SSSR count). The minimum absolute atomic E-state index is 0.269. The van der Waals surface area contributed by atoms with Crippen molar-refractivity contribution in [2.45, 2.75) is 11.5 Å². The van der Waals surface area contributed by atoms with Crippen LogP contribution in [-0.4, -0.2) is 39.6 Å². The first kappa shape index (κ1) is 20.9. The molecule has 0 unspecified atom stereocenters. The van der Waals surface area contributed by atoms with E-state index in [2.05, 4.69) is 31.0 Å². The first-order valence-corrected chi connectivity index (χ1v) is 11.2. The van der Waals surface area contributed by atoms with E-state index in [1.165, 1.54) is 0 Å². The SMILES string of the molecule is O=S(=O)(NCCNCCOCc1ccc(Br)cc1)c1cccc2cnccc12. The zero-order chi connectivity index (χ0) is 19.8. The van der Waals surface area contributed by atoms with E-state index >= 15 is 0 Å². The number of hydrogen-bond acceptors (Lipinski definition) is 5. The molecule has 1 aromatic heterocycles. The van der Waals surface area contributed by atoms with Gasteiger partial charge in [-0.3, -0.25) is 4.98 Å². The Labute approximate surface area is 173 Å². The van der Waals surface area contributed by atoms with Crippen molar-refractivity contribution in [3.05, 3.63) is 71.0 Å². The number of hydrogen-bond donors (Lipinski definition) is 2. The number of benzene rings is 2. The van der Waals surface area contributed by atoms with Crippen LogP contribution in [0.5, 0.6) is 0 Å². The largest absolute Gasteiger partial charge is 0.375 e. The number of nitrogens with zero attached hydrogens (tertiary/aromatic N) is 1. The molecule has 28 heavy (non-hydrogen) atoms. The lowest BCUT2D eigenvalue weighted by molar-refractivity contribution is 0.123. The third-order valence-corrected chi connectivity index (χ3v) is 6.18. The minimum atomic E-state index is -3.58. The summed E-state index contributed by atoms with van der Waals surface area (Å²) in [5.74, 6) is 0. The maximum Gasteiger partial charge on any atom is 0.241 e. The van der Waals surface area contributed by atoms with Crippen molar-refractivity contribution < 1.29 is 13.2 Å². The molecule has 0 bridgehead atoms. The van der Waals surface area contributed by atoms with Gasteiger partial charge in [0.05, 0.1) is 18.1 Å². The van der Waals surface area contributed by atoms with Gasteiger partial charge in [-0.2, -0.15) is 0 Å². The zero-order valence-corrected chi connectivity index (χ0v) is 17.7. The summed E-state index contributed by atoms with van der Waals surface area (Å²) in [6.07, 6.45) is 3.25. The fourth-order valence-corrected chi connectivity index (χ4v) is 4.24. The highest BCUT2D eigenvalue weighted by Crippen LogP contribution is 2.21. The van der Waals surface area contributed by atoms with E-state index in [4.69, 9.17) is 4.74 Å². The van der Waals surface area contributed by atoms with Crippen LogP contribution in [0.15, 0.2) is 70.3 Å². The van der Waals surface area contributed by atoms with E-state index in [-0.39, 0.29) is 4.90 Å². The highest BCUT2D eigenvalue weighted by molar-refractivity contribution is 9.10. The van der Waals surface area contributed by atoms with Gasteiger partial charge in [-0.1, -0.05) is 40.2 Å². The van der Waals surface area contributed by atoms with Crippen LogP contribution in [0, 0.1) is 0 Å². The van der Waals surface area contributed by atoms with Crippen LogP contribution >= 0.6 is 15.9 Å². The summed E-state index contributed by atoms with van der Waals surface area (Å²) in [6.45, 7) is 2.58. The summed E-state index contributed by atoms with van der Waals surface area (Å²) < 4.78 is 34.4. The molecule has 1 heterocycles. The molecule has 2 aromatic carbocycles. The van der Waals surface area contributed by atoms with Crippen LogP contribution in [0.4, 0.5) is 0 Å². The summed E-state index contributed by atoms with van der Waals surface area (Å²) in [5, 5.41) is 4.64. The van der Waals surface area contributed by atoms with E-state index in [0.717, 1.165) is 15.4 Å². The van der Waals surface area contributed by atoms with Crippen LogP contribution < -0.4 is 10.0 Å². The lowest BCUT2D eigenvalue weighted by Gasteiger charge is -2.10. The molecule has 6 nitrogen and oxygen atoms in total. The van der Waals surface area contributed by atoms with E-state index in [0.29, 0.717) is 38.2 Å². The Bertz CT molecular complexity index is 1010. The van der Waals surface area contributed by atoms with Gasteiger partial charge in [0.25, 0.3) is 0 Å². The average molecular weight is 464 g/mol. The third-order valence-electron chi connectivity index (χ3n) is 4.13. The molecular formula is C20H22BrN3O3S. The molecule has 148 valence electrons. The van der Waals surface area contributed by atoms with Gasteiger partial charge in [0.15, 0.2) is 0 Å². The average Bonchev–Trinajstić information content (AvgIpc) is 2.71. The predicted molar refractivity (Wildman–Crippen MR) is 114 cm³/mol. The molecule has 8 heteroatoms. The Balaban J connectivity index is 1.38. The molecular weight excluding hydrogens is 442 g/mol. The number of halogens is 1. The molecule has 0 aliphatic carbocycles. The number of ether oxygens (including phenoxy) is 1. The van der Waals surface area contributed by atoms with Crippen LogP contribution in [0.1, 0.15) is 5.56 Å². The number of fused-ring (bicyclic) bond motifs is 1. The molecule has 2 N–H and O–H groups in total. The Morgan fingerprint density at radius 1 is 1.00 bits per heavy atom. The molecule has 0 saturated carbocycles. The van der Waals surface area contributed by atoms with Crippen molar-refractivity contribution in [3.63, 3.8) is 0 Å². The van der Waals surface area contributed by atoms with Gasteiger partial charge >= 0.3 is 0 Å². The number of aromatic nitrogens is 1. The van der Waals surface area contributed by atoms with Crippen LogP contribution in [0.25, 0.3) is 10.8 Å². The van der Waals surface area contributed by atoms with Crippen molar-refractivity contribution in [2.24, 2.45) is 0 Å². The van der Waals surface area contributed by atoms with Gasteiger partial charge < -0.3 is 10.1 Å². The summed E-state index contributed by atoms with van der Waals surface area (Å²) in [5.41, 5.74) is 1.11. The van der Waals surface area contributed by atoms with Gasteiger partial charge in [0.2, 0.25) is 10.0 Å². The van der Waals surface area contributed by atoms with E-state index in [1.807, 2.05) is 30.3 Å². The lowest BCUT2D eigenvalue weighted by Crippen LogP contribution is -2.33. The van der Waals surface area contributed by atoms with Crippen molar-refractivity contribution >= 4 is 36.7 Å². The Morgan fingerprint density at radius 2 is 1.82 bits per heavy atom. The van der Waals surface area contributed by atoms with Crippen molar-refractivity contribution in [2.75, 3.05) is 26.2 Å². The molecule has 0 aliphatic heterocycles. The summed E-state index contributed by atoms with van der Waals surface area (Å²) >= 11 is 3.40. The van der Waals surface area contributed by atoms with Crippen molar-refractivity contribution in [1.82, 2.24) is 15.0 Å². The van der Waals surface area contributed by atoms with Gasteiger partial charge in [-0.25, -0.2) is 13.1 Å².